The molecule has 1 aliphatic rings. The second-order valence-electron chi connectivity index (χ2n) is 4.66. The molecule has 2 unspecified atom stereocenters. The van der Waals surface area contributed by atoms with Crippen molar-refractivity contribution in [1.29, 1.82) is 0 Å². The van der Waals surface area contributed by atoms with Crippen molar-refractivity contribution in [3.8, 4) is 0 Å². The van der Waals surface area contributed by atoms with Crippen molar-refractivity contribution in [2.75, 3.05) is 0 Å². The van der Waals surface area contributed by atoms with Crippen molar-refractivity contribution in [1.82, 2.24) is 0 Å². The van der Waals surface area contributed by atoms with Crippen LogP contribution in [0.25, 0.3) is 0 Å². The highest BCUT2D eigenvalue weighted by atomic mass is 32.2. The average molecular weight is 277 g/mol. The number of nitrogens with two attached hydrogens (primary N) is 1. The summed E-state index contributed by atoms with van der Waals surface area (Å²) in [5.41, 5.74) is 7.60. The molecular weight excluding hydrogens is 264 g/mol. The maximum Gasteiger partial charge on any atom is 0.128 e. The monoisotopic (exact) mass is 277 g/mol. The van der Waals surface area contributed by atoms with E-state index in [0.29, 0.717) is 0 Å². The van der Waals surface area contributed by atoms with Gasteiger partial charge in [0.2, 0.25) is 0 Å². The molecule has 4 heteroatoms. The third kappa shape index (κ3) is 2.38. The van der Waals surface area contributed by atoms with Gasteiger partial charge in [0, 0.05) is 21.8 Å². The number of thioether (sulfide) groups is 1. The summed E-state index contributed by atoms with van der Waals surface area (Å²) in [6.07, 6.45) is 0.790. The molecule has 2 atom stereocenters. The summed E-state index contributed by atoms with van der Waals surface area (Å²) in [4.78, 5) is 1.18. The van der Waals surface area contributed by atoms with Crippen LogP contribution in [0.4, 0.5) is 8.78 Å². The molecule has 0 aliphatic carbocycles. The number of fused-ring (bicyclic) bond motifs is 1. The lowest BCUT2D eigenvalue weighted by atomic mass is 9.99. The second-order valence-corrected chi connectivity index (χ2v) is 5.94. The number of hydrogen-bond donors (Lipinski definition) is 1. The molecule has 2 aromatic rings. The minimum absolute atomic E-state index is 0.0497. The fourth-order valence-electron chi connectivity index (χ4n) is 2.38. The summed E-state index contributed by atoms with van der Waals surface area (Å²) in [7, 11) is 0. The van der Waals surface area contributed by atoms with Crippen molar-refractivity contribution in [3.05, 3.63) is 65.2 Å². The molecule has 0 bridgehead atoms. The fourth-order valence-corrected chi connectivity index (χ4v) is 3.72. The zero-order chi connectivity index (χ0) is 13.4. The van der Waals surface area contributed by atoms with E-state index in [4.69, 9.17) is 5.73 Å². The molecule has 0 amide bonds. The number of halogens is 2. The molecule has 1 heterocycles. The third-order valence-electron chi connectivity index (χ3n) is 3.39. The van der Waals surface area contributed by atoms with E-state index in [1.165, 1.54) is 16.5 Å². The van der Waals surface area contributed by atoms with Gasteiger partial charge < -0.3 is 5.73 Å². The summed E-state index contributed by atoms with van der Waals surface area (Å²) in [6, 6.07) is 11.0. The Morgan fingerprint density at radius 3 is 2.74 bits per heavy atom. The lowest BCUT2D eigenvalue weighted by Gasteiger charge is -2.19. The Morgan fingerprint density at radius 1 is 1.16 bits per heavy atom. The van der Waals surface area contributed by atoms with E-state index in [0.717, 1.165) is 18.6 Å². The van der Waals surface area contributed by atoms with Crippen LogP contribution < -0.4 is 5.73 Å². The minimum atomic E-state index is -0.506. The first kappa shape index (κ1) is 12.6. The van der Waals surface area contributed by atoms with Gasteiger partial charge in [0.1, 0.15) is 11.6 Å². The minimum Gasteiger partial charge on any atom is -0.323 e. The van der Waals surface area contributed by atoms with E-state index in [9.17, 15) is 8.78 Å². The molecule has 2 aromatic carbocycles. The molecule has 0 saturated carbocycles. The van der Waals surface area contributed by atoms with Crippen LogP contribution in [0, 0.1) is 11.6 Å². The van der Waals surface area contributed by atoms with Gasteiger partial charge in [0.05, 0.1) is 0 Å². The predicted molar refractivity (Wildman–Crippen MR) is 73.1 cm³/mol. The van der Waals surface area contributed by atoms with Gasteiger partial charge >= 0.3 is 0 Å². The number of rotatable bonds is 2. The maximum absolute atomic E-state index is 13.7. The first-order valence-electron chi connectivity index (χ1n) is 6.10. The van der Waals surface area contributed by atoms with Gasteiger partial charge in [-0.15, -0.1) is 11.8 Å². The Morgan fingerprint density at radius 2 is 1.95 bits per heavy atom. The number of benzene rings is 2. The normalized spacial score (nSPS) is 19.2. The molecule has 2 N–H and O–H groups in total. The smallest absolute Gasteiger partial charge is 0.128 e. The van der Waals surface area contributed by atoms with Crippen LogP contribution in [0.15, 0.2) is 47.4 Å². The van der Waals surface area contributed by atoms with Gasteiger partial charge in [-0.25, -0.2) is 8.78 Å². The summed E-state index contributed by atoms with van der Waals surface area (Å²) >= 11 is 1.64. The van der Waals surface area contributed by atoms with E-state index in [2.05, 4.69) is 6.07 Å². The summed E-state index contributed by atoms with van der Waals surface area (Å²) in [5.74, 6) is -0.891. The van der Waals surface area contributed by atoms with E-state index in [1.807, 2.05) is 18.2 Å². The van der Waals surface area contributed by atoms with E-state index >= 15 is 0 Å². The van der Waals surface area contributed by atoms with Crippen molar-refractivity contribution < 1.29 is 8.78 Å². The van der Waals surface area contributed by atoms with Crippen LogP contribution in [0.3, 0.4) is 0 Å². The zero-order valence-electron chi connectivity index (χ0n) is 10.1. The Kier molecular flexibility index (Phi) is 3.29. The van der Waals surface area contributed by atoms with Gasteiger partial charge in [-0.1, -0.05) is 18.2 Å². The largest absolute Gasteiger partial charge is 0.323 e. The van der Waals surface area contributed by atoms with Crippen LogP contribution in [-0.4, -0.2) is 5.25 Å². The lowest BCUT2D eigenvalue weighted by Crippen LogP contribution is -2.24. The first-order valence-corrected chi connectivity index (χ1v) is 6.98. The first-order chi connectivity index (χ1) is 9.15. The van der Waals surface area contributed by atoms with Crippen molar-refractivity contribution >= 4 is 11.8 Å². The van der Waals surface area contributed by atoms with E-state index in [1.54, 1.807) is 11.8 Å². The molecule has 0 spiro atoms. The van der Waals surface area contributed by atoms with E-state index < -0.39 is 17.7 Å². The van der Waals surface area contributed by atoms with Crippen LogP contribution >= 0.6 is 11.8 Å². The zero-order valence-corrected chi connectivity index (χ0v) is 11.0. The van der Waals surface area contributed by atoms with Gasteiger partial charge in [-0.2, -0.15) is 0 Å². The topological polar surface area (TPSA) is 26.0 Å². The number of hydrogen-bond acceptors (Lipinski definition) is 2. The van der Waals surface area contributed by atoms with Crippen LogP contribution in [0.5, 0.6) is 0 Å². The van der Waals surface area contributed by atoms with Crippen LogP contribution in [0.1, 0.15) is 17.2 Å². The lowest BCUT2D eigenvalue weighted by molar-refractivity contribution is 0.555. The second kappa shape index (κ2) is 4.94. The van der Waals surface area contributed by atoms with Crippen molar-refractivity contribution in [3.63, 3.8) is 0 Å². The fraction of sp³-hybridized carbons (Fsp3) is 0.200. The van der Waals surface area contributed by atoms with Gasteiger partial charge in [0.15, 0.2) is 0 Å². The molecule has 1 nitrogen and oxygen atoms in total. The van der Waals surface area contributed by atoms with Crippen LogP contribution in [0.2, 0.25) is 0 Å². The average Bonchev–Trinajstić information content (AvgIpc) is 2.84. The molecule has 19 heavy (non-hydrogen) atoms. The van der Waals surface area contributed by atoms with Crippen molar-refractivity contribution in [2.45, 2.75) is 22.6 Å². The van der Waals surface area contributed by atoms with Gasteiger partial charge in [0.25, 0.3) is 0 Å². The Labute approximate surface area is 114 Å². The summed E-state index contributed by atoms with van der Waals surface area (Å²) in [6.45, 7) is 0. The van der Waals surface area contributed by atoms with E-state index in [-0.39, 0.29) is 10.8 Å². The molecule has 3 rings (SSSR count). The molecule has 0 aromatic heterocycles. The maximum atomic E-state index is 13.7. The molecule has 0 radical (unpaired) electrons. The third-order valence-corrected chi connectivity index (χ3v) is 4.80. The Balaban J connectivity index is 1.87. The highest BCUT2D eigenvalue weighted by Gasteiger charge is 2.29. The Bertz CT molecular complexity index is 590. The van der Waals surface area contributed by atoms with Gasteiger partial charge in [-0.3, -0.25) is 0 Å². The quantitative estimate of drug-likeness (QED) is 0.906. The standard InChI is InChI=1S/C15H13F2NS/c16-10-5-6-12(17)11(8-10)15(18)14-7-9-3-1-2-4-13(9)19-14/h1-6,8,14-15H,7,18H2. The summed E-state index contributed by atoms with van der Waals surface area (Å²) in [5, 5.41) is 0.0497. The van der Waals surface area contributed by atoms with Crippen molar-refractivity contribution in [2.24, 2.45) is 5.73 Å². The van der Waals surface area contributed by atoms with Crippen LogP contribution in [-0.2, 0) is 6.42 Å². The molecule has 1 aliphatic heterocycles. The predicted octanol–water partition coefficient (Wildman–Crippen LogP) is 3.68. The Hall–Kier alpha value is -1.39. The molecule has 0 fully saturated rings. The molecule has 98 valence electrons. The summed E-state index contributed by atoms with van der Waals surface area (Å²) < 4.78 is 27.0. The molecule has 0 saturated heterocycles. The molecular formula is C15H13F2NS. The highest BCUT2D eigenvalue weighted by Crippen LogP contribution is 2.42. The SMILES string of the molecule is NC(c1cc(F)ccc1F)C1Cc2ccccc2S1. The van der Waals surface area contributed by atoms with Gasteiger partial charge in [-0.05, 0) is 36.2 Å². The highest BCUT2D eigenvalue weighted by molar-refractivity contribution is 8.00.